The lowest BCUT2D eigenvalue weighted by Gasteiger charge is -2.37. The zero-order valence-corrected chi connectivity index (χ0v) is 28.6. The first-order valence-corrected chi connectivity index (χ1v) is 17.5. The minimum Gasteiger partial charge on any atom is -0.488 e. The number of nitrogens with one attached hydrogen (secondary N) is 3. The summed E-state index contributed by atoms with van der Waals surface area (Å²) in [5, 5.41) is 5.31. The Bertz CT molecular complexity index is 1890. The van der Waals surface area contributed by atoms with Crippen molar-refractivity contribution in [1.82, 2.24) is 15.2 Å². The van der Waals surface area contributed by atoms with Crippen molar-refractivity contribution in [2.24, 2.45) is 0 Å². The number of para-hydroxylation sites is 1. The molecule has 0 aliphatic carbocycles. The van der Waals surface area contributed by atoms with Crippen molar-refractivity contribution in [1.29, 1.82) is 0 Å². The maximum Gasteiger partial charge on any atom is 0.254 e. The predicted molar refractivity (Wildman–Crippen MR) is 183 cm³/mol. The highest BCUT2D eigenvalue weighted by atomic mass is 32.2. The normalized spacial score (nSPS) is 18.0. The van der Waals surface area contributed by atoms with E-state index in [1.165, 1.54) is 16.8 Å². The number of nitrogens with zero attached hydrogens (tertiary/aromatic N) is 2. The molecule has 10 nitrogen and oxygen atoms in total. The Hall–Kier alpha value is -4.32. The number of carbonyl (C=O) groups is 1. The van der Waals surface area contributed by atoms with Gasteiger partial charge in [-0.3, -0.25) is 9.80 Å². The number of carbonyl (C=O) groups excluding carboxylic acids is 1. The predicted octanol–water partition coefficient (Wildman–Crippen LogP) is 6.27. The third kappa shape index (κ3) is 6.10. The van der Waals surface area contributed by atoms with E-state index in [1.807, 2.05) is 38.8 Å². The Morgan fingerprint density at radius 1 is 1.09 bits per heavy atom. The van der Waals surface area contributed by atoms with E-state index in [0.29, 0.717) is 17.7 Å². The van der Waals surface area contributed by atoms with Crippen LogP contribution in [0.1, 0.15) is 78.2 Å². The Morgan fingerprint density at radius 2 is 1.87 bits per heavy atom. The molecule has 1 amide bonds. The number of amides is 1. The maximum atomic E-state index is 14.0. The molecular weight excluding hydrogens is 614 g/mol. The molecular formula is C36H43N5O5S. The van der Waals surface area contributed by atoms with Crippen molar-refractivity contribution in [3.8, 4) is 5.75 Å². The van der Waals surface area contributed by atoms with Gasteiger partial charge in [0, 0.05) is 24.5 Å². The average Bonchev–Trinajstić information content (AvgIpc) is 3.72. The molecule has 0 saturated carbocycles. The second kappa shape index (κ2) is 12.7. The number of anilines is 2. The summed E-state index contributed by atoms with van der Waals surface area (Å²) in [6, 6.07) is 18.9. The van der Waals surface area contributed by atoms with Crippen molar-refractivity contribution in [3.63, 3.8) is 0 Å². The van der Waals surface area contributed by atoms with Crippen LogP contribution in [0.4, 0.5) is 11.4 Å². The molecule has 0 unspecified atom stereocenters. The largest absolute Gasteiger partial charge is 0.488 e. The third-order valence-corrected chi connectivity index (χ3v) is 11.2. The van der Waals surface area contributed by atoms with Crippen molar-refractivity contribution >= 4 is 27.3 Å². The number of rotatable bonds is 9. The van der Waals surface area contributed by atoms with Crippen LogP contribution >= 0.6 is 0 Å². The van der Waals surface area contributed by atoms with Gasteiger partial charge in [0.25, 0.3) is 5.91 Å². The van der Waals surface area contributed by atoms with E-state index in [1.54, 1.807) is 30.3 Å². The van der Waals surface area contributed by atoms with Gasteiger partial charge >= 0.3 is 0 Å². The molecule has 4 aromatic rings. The highest BCUT2D eigenvalue weighted by Gasteiger charge is 2.38. The summed E-state index contributed by atoms with van der Waals surface area (Å²) >= 11 is 0. The zero-order valence-electron chi connectivity index (χ0n) is 27.8. The van der Waals surface area contributed by atoms with Crippen molar-refractivity contribution in [3.05, 3.63) is 107 Å². The van der Waals surface area contributed by atoms with Gasteiger partial charge < -0.3 is 19.9 Å². The van der Waals surface area contributed by atoms with Gasteiger partial charge in [0.2, 0.25) is 10.0 Å². The molecule has 2 atom stereocenters. The lowest BCUT2D eigenvalue weighted by molar-refractivity contribution is 0.0905. The number of benzene rings is 3. The molecule has 6 rings (SSSR count). The molecule has 0 fully saturated rings. The quantitative estimate of drug-likeness (QED) is 0.193. The summed E-state index contributed by atoms with van der Waals surface area (Å²) in [5.74, 6) is -0.148. The van der Waals surface area contributed by atoms with Crippen LogP contribution in [-0.4, -0.2) is 43.4 Å². The van der Waals surface area contributed by atoms with Crippen LogP contribution in [0.25, 0.3) is 0 Å². The van der Waals surface area contributed by atoms with Gasteiger partial charge in [-0.2, -0.15) is 4.31 Å². The van der Waals surface area contributed by atoms with Gasteiger partial charge in [-0.1, -0.05) is 43.3 Å². The number of hydrogen-bond acceptors (Lipinski definition) is 8. The highest BCUT2D eigenvalue weighted by molar-refractivity contribution is 7.89. The SMILES string of the molecule is CC[C@@H]1CN(Cc2cc([C@@H](c3ccc4c(c3C)NNN4CC)C(C)(C)NC(=O)c3ccoc3)ccc2C)S(=O)(=O)c2ccccc2O1. The van der Waals surface area contributed by atoms with E-state index in [2.05, 4.69) is 54.4 Å². The fourth-order valence-corrected chi connectivity index (χ4v) is 8.26. The van der Waals surface area contributed by atoms with Gasteiger partial charge in [0.1, 0.15) is 23.0 Å². The summed E-state index contributed by atoms with van der Waals surface area (Å²) in [6.07, 6.45) is 3.31. The Labute approximate surface area is 277 Å². The first-order valence-electron chi connectivity index (χ1n) is 16.1. The van der Waals surface area contributed by atoms with E-state index in [-0.39, 0.29) is 35.9 Å². The minimum atomic E-state index is -3.83. The van der Waals surface area contributed by atoms with Crippen LogP contribution in [0.15, 0.2) is 82.5 Å². The van der Waals surface area contributed by atoms with Gasteiger partial charge in [0.05, 0.1) is 29.7 Å². The number of aryl methyl sites for hydroxylation is 1. The zero-order chi connectivity index (χ0) is 33.5. The topological polar surface area (TPSA) is 116 Å². The molecule has 0 bridgehead atoms. The smallest absolute Gasteiger partial charge is 0.254 e. The number of ether oxygens (including phenoxy) is 1. The highest BCUT2D eigenvalue weighted by Crippen LogP contribution is 2.43. The van der Waals surface area contributed by atoms with Crippen LogP contribution in [0.5, 0.6) is 5.75 Å². The van der Waals surface area contributed by atoms with Crippen molar-refractivity contribution in [2.75, 3.05) is 23.5 Å². The lowest BCUT2D eigenvalue weighted by atomic mass is 9.74. The standard InChI is InChI=1S/C36H43N5O5S/c1-7-28-21-40(47(43,44)32-12-10-9-11-31(32)46-28)20-27-19-25(14-13-23(27)3)33(36(5,6)37-35(42)26-17-18-45-22-26)29-15-16-30-34(24(29)4)38-39-41(30)8-2/h9-19,22,28,33,38-39H,7-8,20-21H2,1-6H3,(H,37,42)/t28-,33+/m1/s1. The fourth-order valence-electron chi connectivity index (χ4n) is 6.69. The van der Waals surface area contributed by atoms with Gasteiger partial charge in [-0.25, -0.2) is 8.42 Å². The van der Waals surface area contributed by atoms with Gasteiger partial charge in [-0.05, 0) is 93.1 Å². The molecule has 2 aliphatic rings. The molecule has 248 valence electrons. The first-order chi connectivity index (χ1) is 22.4. The summed E-state index contributed by atoms with van der Waals surface area (Å²) in [7, 11) is -3.83. The summed E-state index contributed by atoms with van der Waals surface area (Å²) in [4.78, 5) is 13.6. The van der Waals surface area contributed by atoms with Crippen LogP contribution in [0.2, 0.25) is 0 Å². The average molecular weight is 658 g/mol. The minimum absolute atomic E-state index is 0.182. The third-order valence-electron chi connectivity index (χ3n) is 9.34. The molecule has 0 spiro atoms. The molecule has 1 aromatic heterocycles. The van der Waals surface area contributed by atoms with E-state index in [9.17, 15) is 13.2 Å². The van der Waals surface area contributed by atoms with Crippen LogP contribution in [0, 0.1) is 13.8 Å². The second-order valence-electron chi connectivity index (χ2n) is 12.9. The number of furan rings is 1. The molecule has 47 heavy (non-hydrogen) atoms. The summed E-state index contributed by atoms with van der Waals surface area (Å²) in [6.45, 7) is 13.4. The molecule has 3 N–H and O–H groups in total. The Morgan fingerprint density at radius 3 is 2.60 bits per heavy atom. The molecule has 2 aliphatic heterocycles. The van der Waals surface area contributed by atoms with E-state index in [0.717, 1.165) is 45.7 Å². The Balaban J connectivity index is 1.43. The Kier molecular flexibility index (Phi) is 8.82. The molecule has 0 saturated heterocycles. The monoisotopic (exact) mass is 657 g/mol. The molecule has 0 radical (unpaired) electrons. The molecule has 11 heteroatoms. The number of hydrazine groups is 2. The van der Waals surface area contributed by atoms with Crippen molar-refractivity contribution in [2.45, 2.75) is 77.0 Å². The van der Waals surface area contributed by atoms with Gasteiger partial charge in [-0.15, -0.1) is 5.53 Å². The van der Waals surface area contributed by atoms with E-state index >= 15 is 0 Å². The van der Waals surface area contributed by atoms with Crippen molar-refractivity contribution < 1.29 is 22.4 Å². The van der Waals surface area contributed by atoms with Crippen LogP contribution in [0.3, 0.4) is 0 Å². The first kappa shape index (κ1) is 32.6. The van der Waals surface area contributed by atoms with Crippen LogP contribution in [-0.2, 0) is 16.6 Å². The second-order valence-corrected chi connectivity index (χ2v) is 14.8. The number of sulfonamides is 1. The molecule has 3 aromatic carbocycles. The number of hydrogen-bond donors (Lipinski definition) is 3. The van der Waals surface area contributed by atoms with E-state index in [4.69, 9.17) is 9.15 Å². The molecule has 3 heterocycles. The number of fused-ring (bicyclic) bond motifs is 2. The maximum absolute atomic E-state index is 14.0. The fraction of sp³-hybridized carbons (Fsp3) is 0.361. The lowest BCUT2D eigenvalue weighted by Crippen LogP contribution is -2.48. The van der Waals surface area contributed by atoms with Crippen LogP contribution < -0.4 is 26.0 Å². The van der Waals surface area contributed by atoms with E-state index < -0.39 is 15.6 Å². The summed E-state index contributed by atoms with van der Waals surface area (Å²) in [5.41, 5.74) is 13.2. The van der Waals surface area contributed by atoms with Gasteiger partial charge in [0.15, 0.2) is 0 Å². The summed E-state index contributed by atoms with van der Waals surface area (Å²) < 4.78 is 40.9.